The monoisotopic (exact) mass is 317 g/mol. The molecule has 0 aliphatic rings. The van der Waals surface area contributed by atoms with E-state index < -0.39 is 0 Å². The SMILES string of the molecule is C[N+](C)(Cc1ccccc1)CN(c1ccccc1)c1ccccc1. The van der Waals surface area contributed by atoms with E-state index in [0.29, 0.717) is 0 Å². The van der Waals surface area contributed by atoms with Crippen LogP contribution >= 0.6 is 0 Å². The molecule has 24 heavy (non-hydrogen) atoms. The summed E-state index contributed by atoms with van der Waals surface area (Å²) in [4.78, 5) is 2.39. The predicted molar refractivity (Wildman–Crippen MR) is 102 cm³/mol. The van der Waals surface area contributed by atoms with E-state index >= 15 is 0 Å². The van der Waals surface area contributed by atoms with Gasteiger partial charge < -0.3 is 4.48 Å². The predicted octanol–water partition coefficient (Wildman–Crippen LogP) is 5.06. The van der Waals surface area contributed by atoms with E-state index in [1.54, 1.807) is 0 Å². The van der Waals surface area contributed by atoms with E-state index in [4.69, 9.17) is 0 Å². The van der Waals surface area contributed by atoms with Crippen molar-refractivity contribution in [3.63, 3.8) is 0 Å². The van der Waals surface area contributed by atoms with Gasteiger partial charge in [-0.05, 0) is 24.3 Å². The molecule has 0 fully saturated rings. The third-order valence-corrected chi connectivity index (χ3v) is 4.11. The summed E-state index contributed by atoms with van der Waals surface area (Å²) in [6.07, 6.45) is 0. The summed E-state index contributed by atoms with van der Waals surface area (Å²) in [5, 5.41) is 0. The van der Waals surface area contributed by atoms with Crippen LogP contribution in [0.4, 0.5) is 11.4 Å². The Morgan fingerprint density at radius 1 is 0.625 bits per heavy atom. The first-order valence-electron chi connectivity index (χ1n) is 8.38. The maximum Gasteiger partial charge on any atom is 0.158 e. The zero-order valence-electron chi connectivity index (χ0n) is 14.5. The zero-order valence-corrected chi connectivity index (χ0v) is 14.5. The molecule has 0 saturated heterocycles. The Bertz CT molecular complexity index is 697. The molecule has 3 aromatic rings. The molecule has 122 valence electrons. The summed E-state index contributed by atoms with van der Waals surface area (Å²) in [7, 11) is 4.57. The van der Waals surface area contributed by atoms with Crippen LogP contribution in [0.2, 0.25) is 0 Å². The van der Waals surface area contributed by atoms with Gasteiger partial charge in [-0.2, -0.15) is 0 Å². The second-order valence-corrected chi connectivity index (χ2v) is 6.82. The third-order valence-electron chi connectivity index (χ3n) is 4.11. The molecule has 0 unspecified atom stereocenters. The van der Waals surface area contributed by atoms with Crippen molar-refractivity contribution in [2.24, 2.45) is 0 Å². The van der Waals surface area contributed by atoms with Crippen molar-refractivity contribution in [2.75, 3.05) is 25.7 Å². The van der Waals surface area contributed by atoms with Gasteiger partial charge in [0.1, 0.15) is 6.54 Å². The third kappa shape index (κ3) is 4.24. The molecule has 2 nitrogen and oxygen atoms in total. The highest BCUT2D eigenvalue weighted by Gasteiger charge is 2.22. The number of quaternary nitrogens is 1. The van der Waals surface area contributed by atoms with E-state index in [1.165, 1.54) is 16.9 Å². The van der Waals surface area contributed by atoms with Gasteiger partial charge in [0.2, 0.25) is 0 Å². The number of anilines is 2. The molecule has 0 N–H and O–H groups in total. The van der Waals surface area contributed by atoms with Crippen LogP contribution in [0, 0.1) is 0 Å². The largest absolute Gasteiger partial charge is 0.307 e. The minimum Gasteiger partial charge on any atom is -0.307 e. The molecule has 2 heteroatoms. The smallest absolute Gasteiger partial charge is 0.158 e. The Kier molecular flexibility index (Phi) is 4.97. The highest BCUT2D eigenvalue weighted by atomic mass is 15.4. The molecule has 0 heterocycles. The average molecular weight is 317 g/mol. The molecular weight excluding hydrogens is 292 g/mol. The first-order valence-corrected chi connectivity index (χ1v) is 8.38. The minimum atomic E-state index is 0.883. The van der Waals surface area contributed by atoms with Crippen LogP contribution in [0.15, 0.2) is 91.0 Å². The summed E-state index contributed by atoms with van der Waals surface area (Å²) in [6, 6.07) is 31.9. The van der Waals surface area contributed by atoms with Crippen LogP contribution in [0.5, 0.6) is 0 Å². The summed E-state index contributed by atoms with van der Waals surface area (Å²) >= 11 is 0. The first-order chi connectivity index (χ1) is 11.6. The standard InChI is InChI=1S/C22H25N2/c1-24(2,18-20-12-6-3-7-13-20)19-23(21-14-8-4-9-15-21)22-16-10-5-11-17-22/h3-17H,18-19H2,1-2H3/q+1. The number of hydrogen-bond donors (Lipinski definition) is 0. The Morgan fingerprint density at radius 3 is 1.50 bits per heavy atom. The van der Waals surface area contributed by atoms with E-state index in [-0.39, 0.29) is 0 Å². The van der Waals surface area contributed by atoms with Gasteiger partial charge >= 0.3 is 0 Å². The van der Waals surface area contributed by atoms with Crippen LogP contribution in [0.25, 0.3) is 0 Å². The fourth-order valence-corrected chi connectivity index (χ4v) is 3.04. The van der Waals surface area contributed by atoms with Gasteiger partial charge in [-0.1, -0.05) is 66.7 Å². The lowest BCUT2D eigenvalue weighted by atomic mass is 10.2. The Balaban J connectivity index is 1.86. The van der Waals surface area contributed by atoms with Crippen LogP contribution in [-0.4, -0.2) is 25.2 Å². The number of benzene rings is 3. The molecule has 0 aliphatic carbocycles. The topological polar surface area (TPSA) is 3.24 Å². The Morgan fingerprint density at radius 2 is 1.04 bits per heavy atom. The van der Waals surface area contributed by atoms with E-state index in [1.807, 2.05) is 0 Å². The molecule has 0 aromatic heterocycles. The first kappa shape index (κ1) is 16.3. The van der Waals surface area contributed by atoms with Crippen molar-refractivity contribution in [1.29, 1.82) is 0 Å². The molecule has 0 radical (unpaired) electrons. The fraction of sp³-hybridized carbons (Fsp3) is 0.182. The van der Waals surface area contributed by atoms with Crippen LogP contribution < -0.4 is 4.90 Å². The lowest BCUT2D eigenvalue weighted by Gasteiger charge is -2.36. The second kappa shape index (κ2) is 7.33. The van der Waals surface area contributed by atoms with Gasteiger partial charge in [-0.25, -0.2) is 0 Å². The van der Waals surface area contributed by atoms with Gasteiger partial charge in [-0.15, -0.1) is 0 Å². The highest BCUT2D eigenvalue weighted by Crippen LogP contribution is 2.26. The molecule has 0 amide bonds. The number of para-hydroxylation sites is 2. The molecule has 0 saturated carbocycles. The second-order valence-electron chi connectivity index (χ2n) is 6.82. The summed E-state index contributed by atoms with van der Waals surface area (Å²) in [5.41, 5.74) is 3.81. The Hall–Kier alpha value is -2.58. The number of rotatable bonds is 6. The molecular formula is C22H25N2+. The number of hydrogen-bond acceptors (Lipinski definition) is 1. The average Bonchev–Trinajstić information content (AvgIpc) is 2.62. The van der Waals surface area contributed by atoms with Crippen LogP contribution in [-0.2, 0) is 6.54 Å². The van der Waals surface area contributed by atoms with E-state index in [9.17, 15) is 0 Å². The van der Waals surface area contributed by atoms with Crippen molar-refractivity contribution >= 4 is 11.4 Å². The van der Waals surface area contributed by atoms with Crippen molar-refractivity contribution in [3.05, 3.63) is 96.6 Å². The molecule has 3 aromatic carbocycles. The fourth-order valence-electron chi connectivity index (χ4n) is 3.04. The summed E-state index contributed by atoms with van der Waals surface area (Å²) in [6.45, 7) is 1.90. The molecule has 0 bridgehead atoms. The van der Waals surface area contributed by atoms with Gasteiger partial charge in [0, 0.05) is 16.9 Å². The van der Waals surface area contributed by atoms with Gasteiger partial charge in [0.25, 0.3) is 0 Å². The van der Waals surface area contributed by atoms with Crippen LogP contribution in [0.3, 0.4) is 0 Å². The minimum absolute atomic E-state index is 0.883. The van der Waals surface area contributed by atoms with Crippen molar-refractivity contribution in [2.45, 2.75) is 6.54 Å². The Labute approximate surface area is 145 Å². The summed E-state index contributed by atoms with van der Waals surface area (Å²) < 4.78 is 0.883. The van der Waals surface area contributed by atoms with Crippen molar-refractivity contribution in [1.82, 2.24) is 0 Å². The van der Waals surface area contributed by atoms with Gasteiger partial charge in [0.05, 0.1) is 14.1 Å². The highest BCUT2D eigenvalue weighted by molar-refractivity contribution is 5.62. The van der Waals surface area contributed by atoms with Crippen molar-refractivity contribution in [3.8, 4) is 0 Å². The summed E-state index contributed by atoms with van der Waals surface area (Å²) in [5.74, 6) is 0. The van der Waals surface area contributed by atoms with Crippen LogP contribution in [0.1, 0.15) is 5.56 Å². The molecule has 0 atom stereocenters. The maximum atomic E-state index is 2.39. The zero-order chi connectivity index (χ0) is 16.8. The van der Waals surface area contributed by atoms with E-state index in [0.717, 1.165) is 17.7 Å². The normalized spacial score (nSPS) is 11.2. The van der Waals surface area contributed by atoms with Gasteiger partial charge in [0.15, 0.2) is 6.67 Å². The van der Waals surface area contributed by atoms with Crippen molar-refractivity contribution < 1.29 is 4.48 Å². The molecule has 0 spiro atoms. The molecule has 3 rings (SSSR count). The molecule has 0 aliphatic heterocycles. The lowest BCUT2D eigenvalue weighted by molar-refractivity contribution is -0.902. The van der Waals surface area contributed by atoms with Gasteiger partial charge in [-0.3, -0.25) is 4.90 Å². The quantitative estimate of drug-likeness (QED) is 0.454. The lowest BCUT2D eigenvalue weighted by Crippen LogP contribution is -2.46. The maximum absolute atomic E-state index is 2.39. The number of nitrogens with zero attached hydrogens (tertiary/aromatic N) is 2. The van der Waals surface area contributed by atoms with E-state index in [2.05, 4.69) is 110 Å².